The molecular formula is C47H33N3. The first-order chi connectivity index (χ1) is 24.7. The zero-order valence-electron chi connectivity index (χ0n) is 27.7. The molecule has 1 atom stereocenters. The Kier molecular flexibility index (Phi) is 7.25. The summed E-state index contributed by atoms with van der Waals surface area (Å²) in [5.74, 6) is 1.95. The second-order valence-electron chi connectivity index (χ2n) is 12.9. The standard InChI is InChI=1S/C47H33N3/c1-47(37-25-12-5-13-26-37)40-28-15-14-27-39(40)43-41(47)30-29-38(42(43)32-17-6-2-7-18-32)35-23-16-24-36(31-35)46-49-44(33-19-8-3-9-20-33)48-45(50-46)34-21-10-4-11-22-34/h2-31H,1H3. The fraction of sp³-hybridized carbons (Fsp3) is 0.0426. The van der Waals surface area contributed by atoms with Crippen LogP contribution < -0.4 is 0 Å². The number of nitrogens with zero attached hydrogens (tertiary/aromatic N) is 3. The fourth-order valence-corrected chi connectivity index (χ4v) is 7.57. The molecule has 7 aromatic carbocycles. The van der Waals surface area contributed by atoms with Gasteiger partial charge in [-0.2, -0.15) is 0 Å². The molecule has 0 bridgehead atoms. The normalized spacial score (nSPS) is 14.6. The van der Waals surface area contributed by atoms with Gasteiger partial charge < -0.3 is 0 Å². The quantitative estimate of drug-likeness (QED) is 0.182. The third-order valence-corrected chi connectivity index (χ3v) is 10.0. The van der Waals surface area contributed by atoms with Crippen LogP contribution >= 0.6 is 0 Å². The number of rotatable bonds is 6. The van der Waals surface area contributed by atoms with Crippen LogP contribution in [0, 0.1) is 0 Å². The van der Waals surface area contributed by atoms with Crippen LogP contribution in [0.15, 0.2) is 182 Å². The van der Waals surface area contributed by atoms with E-state index in [0.29, 0.717) is 17.5 Å². The van der Waals surface area contributed by atoms with Gasteiger partial charge in [0.1, 0.15) is 0 Å². The van der Waals surface area contributed by atoms with E-state index >= 15 is 0 Å². The molecule has 0 fully saturated rings. The molecule has 0 aliphatic heterocycles. The number of hydrogen-bond acceptors (Lipinski definition) is 3. The Morgan fingerprint density at radius 2 is 0.820 bits per heavy atom. The summed E-state index contributed by atoms with van der Waals surface area (Å²) in [6.45, 7) is 2.37. The van der Waals surface area contributed by atoms with Gasteiger partial charge in [-0.3, -0.25) is 0 Å². The molecule has 0 saturated heterocycles. The first-order valence-electron chi connectivity index (χ1n) is 17.0. The minimum Gasteiger partial charge on any atom is -0.208 e. The molecular weight excluding hydrogens is 607 g/mol. The number of fused-ring (bicyclic) bond motifs is 3. The molecule has 1 aromatic heterocycles. The minimum atomic E-state index is -0.288. The highest BCUT2D eigenvalue weighted by Crippen LogP contribution is 2.56. The highest BCUT2D eigenvalue weighted by Gasteiger charge is 2.42. The number of hydrogen-bond donors (Lipinski definition) is 0. The first kappa shape index (κ1) is 29.7. The van der Waals surface area contributed by atoms with Crippen LogP contribution in [-0.2, 0) is 5.41 Å². The summed E-state index contributed by atoms with van der Waals surface area (Å²) in [6, 6.07) is 64.2. The summed E-state index contributed by atoms with van der Waals surface area (Å²) >= 11 is 0. The van der Waals surface area contributed by atoms with Crippen molar-refractivity contribution in [1.29, 1.82) is 0 Å². The van der Waals surface area contributed by atoms with E-state index < -0.39 is 0 Å². The predicted octanol–water partition coefficient (Wildman–Crippen LogP) is 11.5. The van der Waals surface area contributed by atoms with E-state index in [4.69, 9.17) is 15.0 Å². The SMILES string of the molecule is CC1(c2ccccc2)c2ccccc2-c2c1ccc(-c1cccc(-c3nc(-c4ccccc4)nc(-c4ccccc4)n3)c1)c2-c1ccccc1. The molecule has 1 heterocycles. The van der Waals surface area contributed by atoms with E-state index in [1.165, 1.54) is 44.5 Å². The summed E-state index contributed by atoms with van der Waals surface area (Å²) in [7, 11) is 0. The molecule has 3 nitrogen and oxygen atoms in total. The van der Waals surface area contributed by atoms with E-state index in [9.17, 15) is 0 Å². The van der Waals surface area contributed by atoms with Crippen LogP contribution in [0.4, 0.5) is 0 Å². The van der Waals surface area contributed by atoms with Gasteiger partial charge in [0.2, 0.25) is 0 Å². The largest absolute Gasteiger partial charge is 0.208 e. The molecule has 1 aliphatic rings. The Morgan fingerprint density at radius 3 is 1.44 bits per heavy atom. The molecule has 50 heavy (non-hydrogen) atoms. The second-order valence-corrected chi connectivity index (χ2v) is 12.9. The van der Waals surface area contributed by atoms with Gasteiger partial charge in [0.15, 0.2) is 17.5 Å². The Bertz CT molecular complexity index is 2420. The lowest BCUT2D eigenvalue weighted by Gasteiger charge is -2.29. The molecule has 0 amide bonds. The molecule has 1 aliphatic carbocycles. The molecule has 0 N–H and O–H groups in total. The maximum atomic E-state index is 5.03. The van der Waals surface area contributed by atoms with Gasteiger partial charge in [-0.25, -0.2) is 15.0 Å². The molecule has 8 aromatic rings. The van der Waals surface area contributed by atoms with Crippen molar-refractivity contribution in [2.24, 2.45) is 0 Å². The van der Waals surface area contributed by atoms with Crippen molar-refractivity contribution in [2.45, 2.75) is 12.3 Å². The van der Waals surface area contributed by atoms with Crippen molar-refractivity contribution in [3.05, 3.63) is 199 Å². The smallest absolute Gasteiger partial charge is 0.164 e. The lowest BCUT2D eigenvalue weighted by atomic mass is 9.73. The highest BCUT2D eigenvalue weighted by molar-refractivity contribution is 6.01. The van der Waals surface area contributed by atoms with Gasteiger partial charge in [-0.1, -0.05) is 176 Å². The zero-order chi connectivity index (χ0) is 33.5. The Labute approximate surface area is 292 Å². The highest BCUT2D eigenvalue weighted by atomic mass is 15.0. The van der Waals surface area contributed by atoms with E-state index in [-0.39, 0.29) is 5.41 Å². The van der Waals surface area contributed by atoms with Crippen molar-refractivity contribution in [1.82, 2.24) is 15.0 Å². The van der Waals surface area contributed by atoms with Crippen molar-refractivity contribution < 1.29 is 0 Å². The van der Waals surface area contributed by atoms with Crippen LogP contribution in [0.25, 0.3) is 67.5 Å². The van der Waals surface area contributed by atoms with Crippen LogP contribution in [0.3, 0.4) is 0 Å². The van der Waals surface area contributed by atoms with Gasteiger partial charge >= 0.3 is 0 Å². The molecule has 0 radical (unpaired) electrons. The van der Waals surface area contributed by atoms with Crippen molar-refractivity contribution in [2.75, 3.05) is 0 Å². The predicted molar refractivity (Wildman–Crippen MR) is 204 cm³/mol. The summed E-state index contributed by atoms with van der Waals surface area (Å²) in [4.78, 5) is 15.0. The third-order valence-electron chi connectivity index (χ3n) is 10.0. The van der Waals surface area contributed by atoms with Crippen LogP contribution in [0.5, 0.6) is 0 Å². The van der Waals surface area contributed by atoms with Gasteiger partial charge in [-0.05, 0) is 63.1 Å². The van der Waals surface area contributed by atoms with Crippen molar-refractivity contribution in [3.63, 3.8) is 0 Å². The first-order valence-corrected chi connectivity index (χ1v) is 17.0. The number of benzene rings is 7. The van der Waals surface area contributed by atoms with Crippen LogP contribution in [0.2, 0.25) is 0 Å². The lowest BCUT2D eigenvalue weighted by Crippen LogP contribution is -2.22. The Balaban J connectivity index is 1.26. The molecule has 3 heteroatoms. The number of aromatic nitrogens is 3. The third kappa shape index (κ3) is 4.94. The average Bonchev–Trinajstić information content (AvgIpc) is 3.47. The molecule has 0 saturated carbocycles. The second kappa shape index (κ2) is 12.2. The summed E-state index contributed by atoms with van der Waals surface area (Å²) in [5.41, 5.74) is 13.8. The molecule has 236 valence electrons. The maximum absolute atomic E-state index is 5.03. The molecule has 9 rings (SSSR count). The Morgan fingerprint density at radius 1 is 0.340 bits per heavy atom. The van der Waals surface area contributed by atoms with Crippen LogP contribution in [-0.4, -0.2) is 15.0 Å². The minimum absolute atomic E-state index is 0.288. The average molecular weight is 640 g/mol. The van der Waals surface area contributed by atoms with Crippen LogP contribution in [0.1, 0.15) is 23.6 Å². The van der Waals surface area contributed by atoms with Crippen molar-refractivity contribution in [3.8, 4) is 67.5 Å². The van der Waals surface area contributed by atoms with E-state index in [2.05, 4.69) is 128 Å². The summed E-state index contributed by atoms with van der Waals surface area (Å²) in [6.07, 6.45) is 0. The fourth-order valence-electron chi connectivity index (χ4n) is 7.57. The molecule has 0 spiro atoms. The van der Waals surface area contributed by atoms with Gasteiger partial charge in [0.05, 0.1) is 0 Å². The lowest BCUT2D eigenvalue weighted by molar-refractivity contribution is 0.714. The summed E-state index contributed by atoms with van der Waals surface area (Å²) < 4.78 is 0. The zero-order valence-corrected chi connectivity index (χ0v) is 27.7. The van der Waals surface area contributed by atoms with E-state index in [1.54, 1.807) is 0 Å². The monoisotopic (exact) mass is 639 g/mol. The maximum Gasteiger partial charge on any atom is 0.164 e. The van der Waals surface area contributed by atoms with E-state index in [1.807, 2.05) is 60.7 Å². The van der Waals surface area contributed by atoms with Crippen molar-refractivity contribution >= 4 is 0 Å². The summed E-state index contributed by atoms with van der Waals surface area (Å²) in [5, 5.41) is 0. The molecule has 1 unspecified atom stereocenters. The topological polar surface area (TPSA) is 38.7 Å². The van der Waals surface area contributed by atoms with Gasteiger partial charge in [0.25, 0.3) is 0 Å². The van der Waals surface area contributed by atoms with Gasteiger partial charge in [-0.15, -0.1) is 0 Å². The Hall–Kier alpha value is -6.45. The van der Waals surface area contributed by atoms with E-state index in [0.717, 1.165) is 22.3 Å². The van der Waals surface area contributed by atoms with Gasteiger partial charge in [0, 0.05) is 22.1 Å².